The van der Waals surface area contributed by atoms with Crippen molar-refractivity contribution < 1.29 is 8.42 Å². The lowest BCUT2D eigenvalue weighted by molar-refractivity contribution is 0.602. The van der Waals surface area contributed by atoms with E-state index in [9.17, 15) is 8.42 Å². The van der Waals surface area contributed by atoms with Crippen molar-refractivity contribution >= 4 is 38.0 Å². The fraction of sp³-hybridized carbons (Fsp3) is 0.118. The third kappa shape index (κ3) is 3.63. The van der Waals surface area contributed by atoms with Crippen LogP contribution < -0.4 is 5.32 Å². The van der Waals surface area contributed by atoms with Crippen molar-refractivity contribution in [2.24, 2.45) is 0 Å². The lowest BCUT2D eigenvalue weighted by atomic mass is 10.1. The first-order valence-electron chi connectivity index (χ1n) is 7.01. The Morgan fingerprint density at radius 3 is 2.52 bits per heavy atom. The molecule has 0 saturated carbocycles. The van der Waals surface area contributed by atoms with E-state index in [1.807, 2.05) is 36.4 Å². The van der Waals surface area contributed by atoms with E-state index in [0.29, 0.717) is 16.5 Å². The summed E-state index contributed by atoms with van der Waals surface area (Å²) in [6.07, 6.45) is 2.93. The van der Waals surface area contributed by atoms with Gasteiger partial charge in [-0.2, -0.15) is 0 Å². The number of benzene rings is 2. The molecule has 0 spiro atoms. The summed E-state index contributed by atoms with van der Waals surface area (Å²) in [5.41, 5.74) is 2.78. The number of pyridine rings is 1. The van der Waals surface area contributed by atoms with Crippen LogP contribution in [0.15, 0.2) is 59.6 Å². The maximum absolute atomic E-state index is 11.5. The van der Waals surface area contributed by atoms with Crippen LogP contribution in [0, 0.1) is 0 Å². The number of rotatable bonds is 4. The van der Waals surface area contributed by atoms with Crippen LogP contribution in [-0.4, -0.2) is 19.7 Å². The maximum Gasteiger partial charge on any atom is 0.175 e. The van der Waals surface area contributed by atoms with Gasteiger partial charge in [0.25, 0.3) is 0 Å². The van der Waals surface area contributed by atoms with E-state index in [4.69, 9.17) is 11.6 Å². The summed E-state index contributed by atoms with van der Waals surface area (Å²) >= 11 is 5.99. The summed E-state index contributed by atoms with van der Waals surface area (Å²) in [6, 6.07) is 14.3. The molecule has 3 aromatic rings. The van der Waals surface area contributed by atoms with Crippen molar-refractivity contribution in [2.45, 2.75) is 11.4 Å². The van der Waals surface area contributed by atoms with Gasteiger partial charge >= 0.3 is 0 Å². The van der Waals surface area contributed by atoms with Gasteiger partial charge in [-0.05, 0) is 42.0 Å². The first-order chi connectivity index (χ1) is 10.9. The Morgan fingerprint density at radius 2 is 1.83 bits per heavy atom. The second-order valence-corrected chi connectivity index (χ2v) is 7.74. The van der Waals surface area contributed by atoms with Crippen molar-refractivity contribution in [3.05, 3.63) is 65.3 Å². The summed E-state index contributed by atoms with van der Waals surface area (Å²) in [6.45, 7) is 0.589. The molecule has 0 unspecified atom stereocenters. The normalized spacial score (nSPS) is 11.6. The lowest BCUT2D eigenvalue weighted by Crippen LogP contribution is -2.02. The molecule has 0 atom stereocenters. The third-order valence-electron chi connectivity index (χ3n) is 3.54. The Kier molecular flexibility index (Phi) is 4.24. The summed E-state index contributed by atoms with van der Waals surface area (Å²) in [5.74, 6) is 0. The molecule has 1 heterocycles. The number of anilines is 1. The highest BCUT2D eigenvalue weighted by Gasteiger charge is 2.06. The van der Waals surface area contributed by atoms with Gasteiger partial charge < -0.3 is 5.32 Å². The molecule has 2 aromatic carbocycles. The molecule has 1 N–H and O–H groups in total. The summed E-state index contributed by atoms with van der Waals surface area (Å²) in [7, 11) is -3.16. The SMILES string of the molecule is CS(=O)(=O)c1ccc(CNc2ccnc3cc(Cl)ccc23)cc1. The number of halogens is 1. The van der Waals surface area contributed by atoms with E-state index in [1.165, 1.54) is 6.26 Å². The van der Waals surface area contributed by atoms with Crippen LogP contribution in [0.4, 0.5) is 5.69 Å². The van der Waals surface area contributed by atoms with Crippen LogP contribution in [0.1, 0.15) is 5.56 Å². The van der Waals surface area contributed by atoms with Gasteiger partial charge in [-0.15, -0.1) is 0 Å². The molecule has 0 amide bonds. The Labute approximate surface area is 140 Å². The van der Waals surface area contributed by atoms with Gasteiger partial charge in [0.15, 0.2) is 9.84 Å². The average molecular weight is 347 g/mol. The minimum Gasteiger partial charge on any atom is -0.380 e. The van der Waals surface area contributed by atoms with Crippen molar-refractivity contribution in [1.82, 2.24) is 4.98 Å². The smallest absolute Gasteiger partial charge is 0.175 e. The molecular formula is C17H15ClN2O2S. The van der Waals surface area contributed by atoms with Gasteiger partial charge in [0, 0.05) is 35.1 Å². The zero-order valence-electron chi connectivity index (χ0n) is 12.5. The van der Waals surface area contributed by atoms with Gasteiger partial charge in [0.1, 0.15) is 0 Å². The molecular weight excluding hydrogens is 332 g/mol. The standard InChI is InChI=1S/C17H15ClN2O2S/c1-23(21,22)14-5-2-12(3-6-14)11-20-16-8-9-19-17-10-13(18)4-7-15(16)17/h2-10H,11H2,1H3,(H,19,20). The van der Waals surface area contributed by atoms with Gasteiger partial charge in [-0.25, -0.2) is 8.42 Å². The second-order valence-electron chi connectivity index (χ2n) is 5.29. The molecule has 0 bridgehead atoms. The Bertz CT molecular complexity index is 954. The van der Waals surface area contributed by atoms with Gasteiger partial charge in [0.05, 0.1) is 10.4 Å². The molecule has 0 radical (unpaired) electrons. The van der Waals surface area contributed by atoms with Crippen LogP contribution in [-0.2, 0) is 16.4 Å². The predicted molar refractivity (Wildman–Crippen MR) is 93.6 cm³/mol. The van der Waals surface area contributed by atoms with E-state index in [-0.39, 0.29) is 0 Å². The lowest BCUT2D eigenvalue weighted by Gasteiger charge is -2.10. The summed E-state index contributed by atoms with van der Waals surface area (Å²) in [5, 5.41) is 4.99. The minimum atomic E-state index is -3.16. The highest BCUT2D eigenvalue weighted by Crippen LogP contribution is 2.24. The molecule has 23 heavy (non-hydrogen) atoms. The molecule has 0 fully saturated rings. The monoisotopic (exact) mass is 346 g/mol. The van der Waals surface area contributed by atoms with Crippen molar-refractivity contribution in [3.63, 3.8) is 0 Å². The molecule has 4 nitrogen and oxygen atoms in total. The molecule has 0 aliphatic heterocycles. The van der Waals surface area contributed by atoms with Crippen molar-refractivity contribution in [3.8, 4) is 0 Å². The molecule has 0 aliphatic carbocycles. The molecule has 6 heteroatoms. The quantitative estimate of drug-likeness (QED) is 0.778. The van der Waals surface area contributed by atoms with E-state index < -0.39 is 9.84 Å². The van der Waals surface area contributed by atoms with E-state index in [1.54, 1.807) is 18.3 Å². The molecule has 118 valence electrons. The summed E-state index contributed by atoms with van der Waals surface area (Å²) in [4.78, 5) is 4.63. The molecule has 0 saturated heterocycles. The molecule has 3 rings (SSSR count). The number of hydrogen-bond acceptors (Lipinski definition) is 4. The van der Waals surface area contributed by atoms with E-state index in [0.717, 1.165) is 22.2 Å². The second kappa shape index (κ2) is 6.18. The zero-order valence-corrected chi connectivity index (χ0v) is 14.0. The predicted octanol–water partition coefficient (Wildman–Crippen LogP) is 3.90. The van der Waals surface area contributed by atoms with Gasteiger partial charge in [-0.3, -0.25) is 4.98 Å². The van der Waals surface area contributed by atoms with Crippen molar-refractivity contribution in [1.29, 1.82) is 0 Å². The first kappa shape index (κ1) is 15.8. The summed E-state index contributed by atoms with van der Waals surface area (Å²) < 4.78 is 22.9. The molecule has 0 aliphatic rings. The largest absolute Gasteiger partial charge is 0.380 e. The zero-order chi connectivity index (χ0) is 16.4. The van der Waals surface area contributed by atoms with Crippen molar-refractivity contribution in [2.75, 3.05) is 11.6 Å². The van der Waals surface area contributed by atoms with Gasteiger partial charge in [-0.1, -0.05) is 23.7 Å². The number of nitrogens with one attached hydrogen (secondary N) is 1. The van der Waals surface area contributed by atoms with Crippen LogP contribution >= 0.6 is 11.6 Å². The number of hydrogen-bond donors (Lipinski definition) is 1. The fourth-order valence-electron chi connectivity index (χ4n) is 2.33. The van der Waals surface area contributed by atoms with Gasteiger partial charge in [0.2, 0.25) is 0 Å². The topological polar surface area (TPSA) is 59.1 Å². The molecule has 1 aromatic heterocycles. The highest BCUT2D eigenvalue weighted by atomic mass is 35.5. The van der Waals surface area contributed by atoms with Crippen LogP contribution in [0.5, 0.6) is 0 Å². The highest BCUT2D eigenvalue weighted by molar-refractivity contribution is 7.90. The van der Waals surface area contributed by atoms with E-state index >= 15 is 0 Å². The minimum absolute atomic E-state index is 0.324. The van der Waals surface area contributed by atoms with E-state index in [2.05, 4.69) is 10.3 Å². The number of aromatic nitrogens is 1. The van der Waals surface area contributed by atoms with Crippen LogP contribution in [0.2, 0.25) is 5.02 Å². The first-order valence-corrected chi connectivity index (χ1v) is 9.27. The Morgan fingerprint density at radius 1 is 1.09 bits per heavy atom. The number of nitrogens with zero attached hydrogens (tertiary/aromatic N) is 1. The Balaban J connectivity index is 1.81. The average Bonchev–Trinajstić information content (AvgIpc) is 2.52. The van der Waals surface area contributed by atoms with Crippen LogP contribution in [0.3, 0.4) is 0 Å². The third-order valence-corrected chi connectivity index (χ3v) is 4.90. The Hall–Kier alpha value is -2.11. The fourth-order valence-corrected chi connectivity index (χ4v) is 3.12. The number of fused-ring (bicyclic) bond motifs is 1. The van der Waals surface area contributed by atoms with Crippen LogP contribution in [0.25, 0.3) is 10.9 Å². The maximum atomic E-state index is 11.5. The number of sulfone groups is 1.